The Morgan fingerprint density at radius 3 is 2.62 bits per heavy atom. The van der Waals surface area contributed by atoms with Gasteiger partial charge in [-0.05, 0) is 55.8 Å². The Balaban J connectivity index is 0.865. The lowest BCUT2D eigenvalue weighted by molar-refractivity contribution is -0.136. The van der Waals surface area contributed by atoms with Gasteiger partial charge in [0.25, 0.3) is 17.7 Å². The highest BCUT2D eigenvalue weighted by Crippen LogP contribution is 2.30. The van der Waals surface area contributed by atoms with E-state index in [1.54, 1.807) is 41.2 Å². The van der Waals surface area contributed by atoms with Crippen molar-refractivity contribution in [1.29, 1.82) is 5.26 Å². The standard InChI is InChI=1S/C35H33ClN8O8/c1-20(18-43-9-8-28(42-43)21-2-3-22(17-37)27(36)14-21)38-32(46)29-15-23(40-41-29)19-51-11-10-50-12-13-52-24-4-5-25-26(16-24)35(49)44(34(25)48)30-6-7-31(45)39-33(30)47/h2-5,8-9,14-16,20,30H,6-7,10-13,18-19H2,1H3,(H,38,46)(H,40,41)(H,39,45,47)/t20-,30?/m1/s1. The first kappa shape index (κ1) is 35.9. The molecule has 5 amide bonds. The van der Waals surface area contributed by atoms with E-state index in [1.165, 1.54) is 12.1 Å². The van der Waals surface area contributed by atoms with Crippen molar-refractivity contribution in [3.05, 3.63) is 87.8 Å². The van der Waals surface area contributed by atoms with E-state index < -0.39 is 29.7 Å². The van der Waals surface area contributed by atoms with Crippen molar-refractivity contribution in [3.63, 3.8) is 0 Å². The molecule has 2 aliphatic rings. The second-order valence-electron chi connectivity index (χ2n) is 12.1. The van der Waals surface area contributed by atoms with Gasteiger partial charge in [0, 0.05) is 24.2 Å². The fraction of sp³-hybridized carbons (Fsp3) is 0.314. The Labute approximate surface area is 302 Å². The van der Waals surface area contributed by atoms with Crippen LogP contribution in [0.5, 0.6) is 5.75 Å². The molecule has 0 spiro atoms. The third-order valence-electron chi connectivity index (χ3n) is 8.27. The van der Waals surface area contributed by atoms with Crippen molar-refractivity contribution < 1.29 is 38.2 Å². The monoisotopic (exact) mass is 728 g/mol. The van der Waals surface area contributed by atoms with Gasteiger partial charge in [0.05, 0.1) is 66.1 Å². The number of hydrogen-bond donors (Lipinski definition) is 3. The summed E-state index contributed by atoms with van der Waals surface area (Å²) in [5, 5.41) is 25.9. The Bertz CT molecular complexity index is 2070. The highest BCUT2D eigenvalue weighted by molar-refractivity contribution is 6.32. The SMILES string of the molecule is C[C@H](Cn1ccc(-c2ccc(C#N)c(Cl)c2)n1)NC(=O)c1cc(COCCOCCOc2ccc3c(c2)C(=O)N(C2CCC(=O)NC2=O)C3=O)[nH]n1. The molecule has 1 fully saturated rings. The second kappa shape index (κ2) is 16.0. The normalized spacial score (nSPS) is 16.0. The third kappa shape index (κ3) is 8.18. The summed E-state index contributed by atoms with van der Waals surface area (Å²) in [5.41, 5.74) is 2.99. The molecule has 2 aromatic carbocycles. The average molecular weight is 729 g/mol. The van der Waals surface area contributed by atoms with Crippen LogP contribution in [-0.4, -0.2) is 92.9 Å². The van der Waals surface area contributed by atoms with Crippen LogP contribution in [-0.2, 0) is 32.2 Å². The smallest absolute Gasteiger partial charge is 0.272 e. The summed E-state index contributed by atoms with van der Waals surface area (Å²) in [6, 6.07) is 13.8. The first-order chi connectivity index (χ1) is 25.1. The summed E-state index contributed by atoms with van der Waals surface area (Å²) in [5.74, 6) is -2.29. The summed E-state index contributed by atoms with van der Waals surface area (Å²) >= 11 is 6.15. The van der Waals surface area contributed by atoms with Gasteiger partial charge in [0.2, 0.25) is 11.8 Å². The van der Waals surface area contributed by atoms with E-state index in [4.69, 9.17) is 31.1 Å². The van der Waals surface area contributed by atoms with E-state index in [-0.39, 0.29) is 74.6 Å². The van der Waals surface area contributed by atoms with Gasteiger partial charge in [-0.15, -0.1) is 0 Å². The number of benzene rings is 2. The molecule has 4 heterocycles. The molecular weight excluding hydrogens is 696 g/mol. The van der Waals surface area contributed by atoms with E-state index in [1.807, 2.05) is 19.1 Å². The molecule has 4 aromatic rings. The fourth-order valence-electron chi connectivity index (χ4n) is 5.72. The van der Waals surface area contributed by atoms with Crippen molar-refractivity contribution >= 4 is 41.1 Å². The Morgan fingerprint density at radius 1 is 1.04 bits per heavy atom. The van der Waals surface area contributed by atoms with Gasteiger partial charge in [0.15, 0.2) is 0 Å². The molecule has 2 aromatic heterocycles. The zero-order valence-electron chi connectivity index (χ0n) is 27.9. The van der Waals surface area contributed by atoms with Crippen LogP contribution in [0.3, 0.4) is 0 Å². The lowest BCUT2D eigenvalue weighted by Gasteiger charge is -2.27. The third-order valence-corrected chi connectivity index (χ3v) is 8.58. The lowest BCUT2D eigenvalue weighted by atomic mass is 10.0. The van der Waals surface area contributed by atoms with E-state index >= 15 is 0 Å². The van der Waals surface area contributed by atoms with Crippen LogP contribution in [0, 0.1) is 11.3 Å². The minimum Gasteiger partial charge on any atom is -0.491 e. The number of nitrogens with zero attached hydrogens (tertiary/aromatic N) is 5. The number of nitriles is 1. The molecular formula is C35H33ClN8O8. The summed E-state index contributed by atoms with van der Waals surface area (Å²) in [4.78, 5) is 63.2. The van der Waals surface area contributed by atoms with Crippen molar-refractivity contribution in [1.82, 2.24) is 35.5 Å². The molecule has 17 heteroatoms. The van der Waals surface area contributed by atoms with Gasteiger partial charge < -0.3 is 19.5 Å². The molecule has 52 heavy (non-hydrogen) atoms. The van der Waals surface area contributed by atoms with Gasteiger partial charge in [-0.2, -0.15) is 15.5 Å². The predicted octanol–water partition coefficient (Wildman–Crippen LogP) is 2.63. The number of aromatic nitrogens is 4. The first-order valence-electron chi connectivity index (χ1n) is 16.3. The number of amides is 5. The molecule has 2 aliphatic heterocycles. The number of nitrogens with one attached hydrogen (secondary N) is 3. The molecule has 0 bridgehead atoms. The number of H-pyrrole nitrogens is 1. The lowest BCUT2D eigenvalue weighted by Crippen LogP contribution is -2.54. The summed E-state index contributed by atoms with van der Waals surface area (Å²) in [6.45, 7) is 3.39. The predicted molar refractivity (Wildman–Crippen MR) is 182 cm³/mol. The summed E-state index contributed by atoms with van der Waals surface area (Å²) in [6.07, 6.45) is 1.92. The van der Waals surface area contributed by atoms with E-state index in [0.29, 0.717) is 34.3 Å². The zero-order chi connectivity index (χ0) is 36.8. The number of aromatic amines is 1. The van der Waals surface area contributed by atoms with Crippen molar-refractivity contribution in [2.75, 3.05) is 26.4 Å². The maximum absolute atomic E-state index is 13.0. The Kier molecular flexibility index (Phi) is 11.0. The first-order valence-corrected chi connectivity index (χ1v) is 16.7. The number of halogens is 1. The number of carbonyl (C=O) groups is 5. The van der Waals surface area contributed by atoms with Crippen molar-refractivity contribution in [3.8, 4) is 23.1 Å². The molecule has 0 aliphatic carbocycles. The maximum Gasteiger partial charge on any atom is 0.272 e. The van der Waals surface area contributed by atoms with Gasteiger partial charge >= 0.3 is 0 Å². The topological polar surface area (TPSA) is 211 Å². The number of rotatable bonds is 15. The van der Waals surface area contributed by atoms with Gasteiger partial charge in [-0.25, -0.2) is 0 Å². The van der Waals surface area contributed by atoms with Gasteiger partial charge in [0.1, 0.15) is 30.2 Å². The van der Waals surface area contributed by atoms with Crippen LogP contribution in [0.15, 0.2) is 54.7 Å². The summed E-state index contributed by atoms with van der Waals surface area (Å²) < 4.78 is 18.6. The van der Waals surface area contributed by atoms with Crippen molar-refractivity contribution in [2.24, 2.45) is 0 Å². The fourth-order valence-corrected chi connectivity index (χ4v) is 5.94. The molecule has 1 unspecified atom stereocenters. The molecule has 268 valence electrons. The number of imide groups is 2. The number of ether oxygens (including phenoxy) is 3. The molecule has 16 nitrogen and oxygen atoms in total. The maximum atomic E-state index is 13.0. The van der Waals surface area contributed by atoms with Crippen molar-refractivity contribution in [2.45, 2.75) is 45.0 Å². The molecule has 2 atom stereocenters. The van der Waals surface area contributed by atoms with Crippen LogP contribution in [0.2, 0.25) is 5.02 Å². The molecule has 0 radical (unpaired) electrons. The molecule has 3 N–H and O–H groups in total. The molecule has 1 saturated heterocycles. The van der Waals surface area contributed by atoms with Crippen LogP contribution in [0.1, 0.15) is 62.2 Å². The summed E-state index contributed by atoms with van der Waals surface area (Å²) in [7, 11) is 0. The number of fused-ring (bicyclic) bond motifs is 1. The number of piperidine rings is 1. The number of hydrogen-bond acceptors (Lipinski definition) is 11. The van der Waals surface area contributed by atoms with Crippen LogP contribution in [0.4, 0.5) is 0 Å². The van der Waals surface area contributed by atoms with Crippen LogP contribution in [0.25, 0.3) is 11.3 Å². The van der Waals surface area contributed by atoms with Crippen LogP contribution < -0.4 is 15.4 Å². The highest BCUT2D eigenvalue weighted by Gasteiger charge is 2.44. The largest absolute Gasteiger partial charge is 0.491 e. The van der Waals surface area contributed by atoms with Gasteiger partial charge in [-0.3, -0.25) is 44.0 Å². The molecule has 6 rings (SSSR count). The molecule has 0 saturated carbocycles. The quantitative estimate of drug-likeness (QED) is 0.120. The minimum absolute atomic E-state index is 0.0451. The van der Waals surface area contributed by atoms with Crippen LogP contribution >= 0.6 is 11.6 Å². The van der Waals surface area contributed by atoms with E-state index in [0.717, 1.165) is 10.5 Å². The Morgan fingerprint density at radius 2 is 1.83 bits per heavy atom. The minimum atomic E-state index is -1.03. The van der Waals surface area contributed by atoms with Gasteiger partial charge in [-0.1, -0.05) is 17.7 Å². The Hall–Kier alpha value is -5.89. The average Bonchev–Trinajstić information content (AvgIpc) is 3.85. The van der Waals surface area contributed by atoms with E-state index in [2.05, 4.69) is 25.9 Å². The highest BCUT2D eigenvalue weighted by atomic mass is 35.5. The van der Waals surface area contributed by atoms with E-state index in [9.17, 15) is 24.0 Å². The number of carbonyl (C=O) groups excluding carboxylic acids is 5. The second-order valence-corrected chi connectivity index (χ2v) is 12.5. The zero-order valence-corrected chi connectivity index (χ0v) is 28.6.